The highest BCUT2D eigenvalue weighted by molar-refractivity contribution is 5.91. The number of hydrogen-bond acceptors (Lipinski definition) is 5. The summed E-state index contributed by atoms with van der Waals surface area (Å²) in [6, 6.07) is 7.94. The van der Waals surface area contributed by atoms with Gasteiger partial charge in [-0.15, -0.1) is 6.58 Å². The predicted octanol–water partition coefficient (Wildman–Crippen LogP) is 3.90. The Labute approximate surface area is 180 Å². The number of hydrogen-bond donors (Lipinski definition) is 1. The molecule has 0 atom stereocenters. The lowest BCUT2D eigenvalue weighted by atomic mass is 10.1. The number of allylic oxidation sites excluding steroid dienone is 1. The number of aryl methyl sites for hydroxylation is 1. The molecular formula is C22H18F3N3O4. The van der Waals surface area contributed by atoms with Crippen molar-refractivity contribution in [2.24, 2.45) is 0 Å². The van der Waals surface area contributed by atoms with Crippen LogP contribution in [0.5, 0.6) is 11.5 Å². The van der Waals surface area contributed by atoms with E-state index in [9.17, 15) is 22.8 Å². The van der Waals surface area contributed by atoms with Crippen LogP contribution in [0, 0.1) is 0 Å². The third-order valence-corrected chi connectivity index (χ3v) is 4.90. The minimum Gasteiger partial charge on any atom is -0.454 e. The molecule has 32 heavy (non-hydrogen) atoms. The first kappa shape index (κ1) is 21.4. The number of nitrogens with one attached hydrogen (secondary N) is 1. The second-order valence-corrected chi connectivity index (χ2v) is 7.08. The van der Waals surface area contributed by atoms with Crippen molar-refractivity contribution in [2.75, 3.05) is 12.1 Å². The molecule has 166 valence electrons. The van der Waals surface area contributed by atoms with Crippen LogP contribution in [0.2, 0.25) is 0 Å². The topological polar surface area (TPSA) is 82.5 Å². The van der Waals surface area contributed by atoms with Gasteiger partial charge >= 0.3 is 6.18 Å². The van der Waals surface area contributed by atoms with E-state index in [1.807, 2.05) is 0 Å². The van der Waals surface area contributed by atoms with Crippen LogP contribution in [0.3, 0.4) is 0 Å². The van der Waals surface area contributed by atoms with Crippen molar-refractivity contribution in [1.82, 2.24) is 9.55 Å². The van der Waals surface area contributed by atoms with Crippen LogP contribution in [0.1, 0.15) is 17.7 Å². The summed E-state index contributed by atoms with van der Waals surface area (Å²) >= 11 is 0. The Morgan fingerprint density at radius 3 is 2.72 bits per heavy atom. The van der Waals surface area contributed by atoms with Crippen LogP contribution in [0.25, 0.3) is 11.0 Å². The number of rotatable bonds is 6. The fourth-order valence-electron chi connectivity index (χ4n) is 3.38. The van der Waals surface area contributed by atoms with Crippen molar-refractivity contribution in [1.29, 1.82) is 0 Å². The van der Waals surface area contributed by atoms with E-state index in [0.29, 0.717) is 17.2 Å². The first-order valence-corrected chi connectivity index (χ1v) is 9.67. The molecule has 0 bridgehead atoms. The van der Waals surface area contributed by atoms with E-state index in [-0.39, 0.29) is 48.8 Å². The van der Waals surface area contributed by atoms with Crippen molar-refractivity contribution in [3.8, 4) is 11.5 Å². The molecular weight excluding hydrogens is 427 g/mol. The maximum absolute atomic E-state index is 13.1. The smallest absolute Gasteiger partial charge is 0.416 e. The van der Waals surface area contributed by atoms with Crippen LogP contribution in [0.4, 0.5) is 18.9 Å². The molecule has 2 heterocycles. The molecule has 4 rings (SSSR count). The predicted molar refractivity (Wildman–Crippen MR) is 111 cm³/mol. The first-order chi connectivity index (χ1) is 15.3. The molecule has 10 heteroatoms. The zero-order chi connectivity index (χ0) is 22.9. The van der Waals surface area contributed by atoms with Gasteiger partial charge in [0.15, 0.2) is 11.5 Å². The van der Waals surface area contributed by atoms with Gasteiger partial charge < -0.3 is 19.4 Å². The molecule has 0 radical (unpaired) electrons. The summed E-state index contributed by atoms with van der Waals surface area (Å²) in [5.41, 5.74) is -0.575. The van der Waals surface area contributed by atoms with Crippen molar-refractivity contribution in [2.45, 2.75) is 25.6 Å². The number of fused-ring (bicyclic) bond motifs is 2. The van der Waals surface area contributed by atoms with Crippen LogP contribution >= 0.6 is 0 Å². The molecule has 0 aliphatic carbocycles. The van der Waals surface area contributed by atoms with Gasteiger partial charge in [0.2, 0.25) is 12.7 Å². The highest BCUT2D eigenvalue weighted by Gasteiger charge is 2.31. The number of benzene rings is 2. The second-order valence-electron chi connectivity index (χ2n) is 7.08. The number of anilines is 1. The van der Waals surface area contributed by atoms with Gasteiger partial charge in [-0.2, -0.15) is 13.2 Å². The van der Waals surface area contributed by atoms with E-state index in [0.717, 1.165) is 12.1 Å². The molecule has 1 aliphatic heterocycles. The summed E-state index contributed by atoms with van der Waals surface area (Å²) in [7, 11) is 0. The molecule has 0 spiro atoms. The molecule has 1 aliphatic rings. The molecule has 1 aromatic heterocycles. The summed E-state index contributed by atoms with van der Waals surface area (Å²) < 4.78 is 51.1. The molecule has 1 N–H and O–H groups in total. The fourth-order valence-corrected chi connectivity index (χ4v) is 3.38. The summed E-state index contributed by atoms with van der Waals surface area (Å²) in [5.74, 6) is 0.695. The summed E-state index contributed by atoms with van der Waals surface area (Å²) in [4.78, 5) is 29.3. The van der Waals surface area contributed by atoms with E-state index >= 15 is 0 Å². The van der Waals surface area contributed by atoms with Crippen molar-refractivity contribution >= 4 is 22.6 Å². The van der Waals surface area contributed by atoms with Crippen LogP contribution < -0.4 is 20.3 Å². The summed E-state index contributed by atoms with van der Waals surface area (Å²) in [5, 5.41) is 2.69. The van der Waals surface area contributed by atoms with Gasteiger partial charge in [-0.3, -0.25) is 9.59 Å². The lowest BCUT2D eigenvalue weighted by Gasteiger charge is -2.13. The molecule has 0 unspecified atom stereocenters. The summed E-state index contributed by atoms with van der Waals surface area (Å²) in [6.45, 7) is 3.79. The number of alkyl halides is 3. The zero-order valence-corrected chi connectivity index (χ0v) is 16.7. The van der Waals surface area contributed by atoms with Crippen molar-refractivity contribution < 1.29 is 27.4 Å². The normalized spacial score (nSPS) is 12.7. The Balaban J connectivity index is 1.57. The second kappa shape index (κ2) is 8.37. The van der Waals surface area contributed by atoms with Gasteiger partial charge in [0.25, 0.3) is 5.56 Å². The van der Waals surface area contributed by atoms with Gasteiger partial charge in [0.1, 0.15) is 5.69 Å². The first-order valence-electron chi connectivity index (χ1n) is 9.67. The Kier molecular flexibility index (Phi) is 5.60. The maximum atomic E-state index is 13.1. The maximum Gasteiger partial charge on any atom is 0.416 e. The van der Waals surface area contributed by atoms with Gasteiger partial charge in [-0.05, 0) is 30.3 Å². The van der Waals surface area contributed by atoms with Gasteiger partial charge in [0.05, 0.1) is 16.6 Å². The number of ether oxygens (including phenoxy) is 2. The minimum atomic E-state index is -4.54. The molecule has 7 nitrogen and oxygen atoms in total. The van der Waals surface area contributed by atoms with Crippen molar-refractivity contribution in [3.05, 3.63) is 70.7 Å². The number of nitrogens with zero attached hydrogens (tertiary/aromatic N) is 2. The monoisotopic (exact) mass is 445 g/mol. The average Bonchev–Trinajstić information content (AvgIpc) is 3.21. The highest BCUT2D eigenvalue weighted by atomic mass is 19.4. The SMILES string of the molecule is C=CCn1c(=O)c(CCC(=O)Nc2ccc3c(c2)OCO3)nc2cc(C(F)(F)F)ccc21. The molecule has 0 saturated carbocycles. The van der Waals surface area contributed by atoms with Crippen LogP contribution in [-0.4, -0.2) is 22.3 Å². The summed E-state index contributed by atoms with van der Waals surface area (Å²) in [6.07, 6.45) is -3.21. The zero-order valence-electron chi connectivity index (χ0n) is 16.7. The van der Waals surface area contributed by atoms with E-state index in [2.05, 4.69) is 16.9 Å². The fraction of sp³-hybridized carbons (Fsp3) is 0.227. The lowest BCUT2D eigenvalue weighted by Crippen LogP contribution is -2.26. The van der Waals surface area contributed by atoms with Gasteiger partial charge in [-0.1, -0.05) is 6.08 Å². The third-order valence-electron chi connectivity index (χ3n) is 4.90. The Bertz CT molecular complexity index is 1270. The third kappa shape index (κ3) is 4.29. The van der Waals surface area contributed by atoms with E-state index in [4.69, 9.17) is 9.47 Å². The number of halogens is 3. The number of amides is 1. The van der Waals surface area contributed by atoms with E-state index in [1.165, 1.54) is 16.7 Å². The highest BCUT2D eigenvalue weighted by Crippen LogP contribution is 2.34. The molecule has 0 saturated heterocycles. The van der Waals surface area contributed by atoms with E-state index in [1.54, 1.807) is 18.2 Å². The Morgan fingerprint density at radius 1 is 1.19 bits per heavy atom. The van der Waals surface area contributed by atoms with Crippen LogP contribution in [0.15, 0.2) is 53.8 Å². The Hall–Kier alpha value is -3.82. The Morgan fingerprint density at radius 2 is 1.97 bits per heavy atom. The van der Waals surface area contributed by atoms with Crippen molar-refractivity contribution in [3.63, 3.8) is 0 Å². The van der Waals surface area contributed by atoms with Gasteiger partial charge in [-0.25, -0.2) is 4.98 Å². The van der Waals surface area contributed by atoms with Gasteiger partial charge in [0, 0.05) is 31.1 Å². The molecule has 3 aromatic rings. The standard InChI is InChI=1S/C22H18F3N3O4/c1-2-9-28-17-6-3-13(22(23,24)25)10-16(17)27-15(21(28)30)5-8-20(29)26-14-4-7-18-19(11-14)32-12-31-18/h2-4,6-7,10-11H,1,5,8-9,12H2,(H,26,29). The van der Waals surface area contributed by atoms with Crippen LogP contribution in [-0.2, 0) is 23.9 Å². The molecule has 1 amide bonds. The molecule has 0 fully saturated rings. The number of aromatic nitrogens is 2. The number of carbonyl (C=O) groups is 1. The van der Waals surface area contributed by atoms with E-state index < -0.39 is 17.3 Å². The number of carbonyl (C=O) groups excluding carboxylic acids is 1. The average molecular weight is 445 g/mol. The quantitative estimate of drug-likeness (QED) is 0.582. The lowest BCUT2D eigenvalue weighted by molar-refractivity contribution is -0.137. The minimum absolute atomic E-state index is 0.000453. The largest absolute Gasteiger partial charge is 0.454 e. The molecule has 2 aromatic carbocycles.